The van der Waals surface area contributed by atoms with Gasteiger partial charge < -0.3 is 15.1 Å². The van der Waals surface area contributed by atoms with Gasteiger partial charge in [0.15, 0.2) is 5.65 Å². The molecule has 7 nitrogen and oxygen atoms in total. The highest BCUT2D eigenvalue weighted by Gasteiger charge is 2.19. The van der Waals surface area contributed by atoms with Gasteiger partial charge in [-0.2, -0.15) is 4.98 Å². The molecule has 0 fully saturated rings. The van der Waals surface area contributed by atoms with E-state index in [-0.39, 0.29) is 35.3 Å². The van der Waals surface area contributed by atoms with Crippen LogP contribution in [0.4, 0.5) is 14.7 Å². The Balaban J connectivity index is 2.38. The van der Waals surface area contributed by atoms with E-state index < -0.39 is 29.6 Å². The minimum absolute atomic E-state index is 0.0105. The molecule has 136 valence electrons. The topological polar surface area (TPSA) is 91.5 Å². The number of aliphatic hydroxyl groups excluding tert-OH is 2. The van der Waals surface area contributed by atoms with Gasteiger partial charge in [0.05, 0.1) is 12.0 Å². The fraction of sp³-hybridized carbons (Fsp3) is 0.188. The maximum atomic E-state index is 14.2. The van der Waals surface area contributed by atoms with Gasteiger partial charge in [0.25, 0.3) is 5.56 Å². The molecular weight excluding hydrogens is 370 g/mol. The van der Waals surface area contributed by atoms with Crippen LogP contribution in [0.2, 0.25) is 5.15 Å². The summed E-state index contributed by atoms with van der Waals surface area (Å²) in [5, 5.41) is 18.6. The second kappa shape index (κ2) is 7.32. The van der Waals surface area contributed by atoms with E-state index in [2.05, 4.69) is 9.97 Å². The smallest absolute Gasteiger partial charge is 0.256 e. The van der Waals surface area contributed by atoms with Gasteiger partial charge >= 0.3 is 0 Å². The first-order valence-electron chi connectivity index (χ1n) is 7.48. The van der Waals surface area contributed by atoms with Crippen LogP contribution in [0, 0.1) is 11.6 Å². The summed E-state index contributed by atoms with van der Waals surface area (Å²) in [6.45, 7) is -0.847. The Labute approximate surface area is 150 Å². The second-order valence-corrected chi connectivity index (χ2v) is 5.62. The summed E-state index contributed by atoms with van der Waals surface area (Å²) < 4.78 is 29.2. The van der Waals surface area contributed by atoms with E-state index in [0.717, 1.165) is 22.8 Å². The van der Waals surface area contributed by atoms with E-state index in [1.54, 1.807) is 0 Å². The third kappa shape index (κ3) is 3.12. The number of hydrogen-bond acceptors (Lipinski definition) is 6. The van der Waals surface area contributed by atoms with Crippen molar-refractivity contribution in [3.05, 3.63) is 57.5 Å². The normalized spacial score (nSPS) is 11.1. The molecule has 0 aliphatic carbocycles. The summed E-state index contributed by atoms with van der Waals surface area (Å²) in [6.07, 6.45) is 0. The Bertz CT molecular complexity index is 1010. The Morgan fingerprint density at radius 2 is 1.81 bits per heavy atom. The largest absolute Gasteiger partial charge is 0.395 e. The molecule has 2 heterocycles. The molecule has 0 amide bonds. The van der Waals surface area contributed by atoms with Crippen molar-refractivity contribution >= 4 is 28.6 Å². The average Bonchev–Trinajstić information content (AvgIpc) is 2.61. The molecule has 3 rings (SSSR count). The van der Waals surface area contributed by atoms with Crippen LogP contribution in [-0.2, 0) is 0 Å². The third-order valence-corrected chi connectivity index (χ3v) is 3.96. The third-order valence-electron chi connectivity index (χ3n) is 3.68. The van der Waals surface area contributed by atoms with Crippen molar-refractivity contribution in [2.24, 2.45) is 0 Å². The first kappa shape index (κ1) is 18.2. The van der Waals surface area contributed by atoms with E-state index in [0.29, 0.717) is 0 Å². The number of rotatable bonds is 5. The molecule has 3 aromatic rings. The first-order chi connectivity index (χ1) is 12.5. The van der Waals surface area contributed by atoms with Crippen LogP contribution in [0.5, 0.6) is 0 Å². The molecule has 0 aliphatic rings. The van der Waals surface area contributed by atoms with Crippen molar-refractivity contribution < 1.29 is 19.0 Å². The highest BCUT2D eigenvalue weighted by atomic mass is 35.5. The van der Waals surface area contributed by atoms with Crippen LogP contribution in [0.15, 0.2) is 35.1 Å². The lowest BCUT2D eigenvalue weighted by atomic mass is 10.2. The number of benzene rings is 1. The van der Waals surface area contributed by atoms with Crippen molar-refractivity contribution in [3.8, 4) is 5.69 Å². The number of hydrogen-bond donors (Lipinski definition) is 2. The summed E-state index contributed by atoms with van der Waals surface area (Å²) in [5.74, 6) is -2.01. The zero-order valence-corrected chi connectivity index (χ0v) is 14.0. The first-order valence-corrected chi connectivity index (χ1v) is 7.86. The molecule has 0 saturated heterocycles. The van der Waals surface area contributed by atoms with Crippen molar-refractivity contribution in [2.45, 2.75) is 0 Å². The summed E-state index contributed by atoms with van der Waals surface area (Å²) in [7, 11) is 0. The molecule has 2 N–H and O–H groups in total. The molecule has 0 bridgehead atoms. The molecule has 26 heavy (non-hydrogen) atoms. The maximum Gasteiger partial charge on any atom is 0.256 e. The van der Waals surface area contributed by atoms with Crippen LogP contribution in [-0.4, -0.2) is 44.6 Å². The van der Waals surface area contributed by atoms with E-state index in [4.69, 9.17) is 16.7 Å². The highest BCUT2D eigenvalue weighted by Crippen LogP contribution is 2.26. The standard InChI is InChI=1S/C16H13ClF2N4O3/c17-14-9-4-5-12(26)23(13-10(18)2-1-3-11(13)19)15(9)21-16(20-14)22(8-25)6-7-24/h1-5,24-25H,6-8H2. The Hall–Kier alpha value is -2.62. The fourth-order valence-electron chi connectivity index (χ4n) is 2.48. The van der Waals surface area contributed by atoms with E-state index >= 15 is 0 Å². The fourth-order valence-corrected chi connectivity index (χ4v) is 2.71. The molecule has 0 aliphatic heterocycles. The van der Waals surface area contributed by atoms with Gasteiger partial charge in [0, 0.05) is 12.6 Å². The Kier molecular flexibility index (Phi) is 5.12. The number of nitrogens with zero attached hydrogens (tertiary/aromatic N) is 4. The molecule has 0 unspecified atom stereocenters. The molecule has 1 aromatic carbocycles. The lowest BCUT2D eigenvalue weighted by Gasteiger charge is -2.20. The van der Waals surface area contributed by atoms with Crippen molar-refractivity contribution in [3.63, 3.8) is 0 Å². The molecule has 0 radical (unpaired) electrons. The predicted octanol–water partition coefficient (Wildman–Crippen LogP) is 1.46. The van der Waals surface area contributed by atoms with Crippen LogP contribution in [0.3, 0.4) is 0 Å². The van der Waals surface area contributed by atoms with Crippen molar-refractivity contribution in [1.29, 1.82) is 0 Å². The van der Waals surface area contributed by atoms with E-state index in [9.17, 15) is 18.7 Å². The molecule has 10 heteroatoms. The van der Waals surface area contributed by atoms with Gasteiger partial charge in [0.1, 0.15) is 29.2 Å². The van der Waals surface area contributed by atoms with Gasteiger partial charge in [-0.1, -0.05) is 17.7 Å². The van der Waals surface area contributed by atoms with Gasteiger partial charge in [0.2, 0.25) is 5.95 Å². The second-order valence-electron chi connectivity index (χ2n) is 5.26. The van der Waals surface area contributed by atoms with Crippen LogP contribution in [0.1, 0.15) is 0 Å². The summed E-state index contributed by atoms with van der Waals surface area (Å²) >= 11 is 6.13. The van der Waals surface area contributed by atoms with Gasteiger partial charge in [-0.15, -0.1) is 0 Å². The SMILES string of the molecule is O=c1ccc2c(Cl)nc(N(CO)CCO)nc2n1-c1c(F)cccc1F. The molecule has 0 atom stereocenters. The Morgan fingerprint density at radius 3 is 2.42 bits per heavy atom. The van der Waals surface area contributed by atoms with Crippen molar-refractivity contribution in [1.82, 2.24) is 14.5 Å². The quantitative estimate of drug-likeness (QED) is 0.513. The van der Waals surface area contributed by atoms with Crippen molar-refractivity contribution in [2.75, 3.05) is 24.8 Å². The molecular formula is C16H13ClF2N4O3. The Morgan fingerprint density at radius 1 is 1.12 bits per heavy atom. The van der Waals surface area contributed by atoms with E-state index in [1.165, 1.54) is 17.0 Å². The summed E-state index contributed by atoms with van der Waals surface area (Å²) in [6, 6.07) is 5.64. The number of anilines is 1. The zero-order valence-electron chi connectivity index (χ0n) is 13.2. The maximum absolute atomic E-state index is 14.2. The number of aliphatic hydroxyl groups is 2. The van der Waals surface area contributed by atoms with Gasteiger partial charge in [-0.25, -0.2) is 13.8 Å². The number of halogens is 3. The minimum atomic E-state index is -0.953. The van der Waals surface area contributed by atoms with Crippen LogP contribution >= 0.6 is 11.6 Å². The molecule has 2 aromatic heterocycles. The number of para-hydroxylation sites is 1. The highest BCUT2D eigenvalue weighted by molar-refractivity contribution is 6.34. The number of aromatic nitrogens is 3. The van der Waals surface area contributed by atoms with Crippen LogP contribution < -0.4 is 10.5 Å². The van der Waals surface area contributed by atoms with Gasteiger partial charge in [-0.05, 0) is 18.2 Å². The average molecular weight is 383 g/mol. The molecule has 0 spiro atoms. The number of pyridine rings is 1. The zero-order chi connectivity index (χ0) is 18.8. The predicted molar refractivity (Wildman–Crippen MR) is 91.6 cm³/mol. The molecule has 0 saturated carbocycles. The van der Waals surface area contributed by atoms with Crippen LogP contribution in [0.25, 0.3) is 16.7 Å². The lowest BCUT2D eigenvalue weighted by Crippen LogP contribution is -2.30. The minimum Gasteiger partial charge on any atom is -0.395 e. The van der Waals surface area contributed by atoms with E-state index in [1.807, 2.05) is 0 Å². The summed E-state index contributed by atoms with van der Waals surface area (Å²) in [5.41, 5.74) is -1.45. The monoisotopic (exact) mass is 382 g/mol. The summed E-state index contributed by atoms with van der Waals surface area (Å²) in [4.78, 5) is 21.7. The lowest BCUT2D eigenvalue weighted by molar-refractivity contribution is 0.256. The number of fused-ring (bicyclic) bond motifs is 1. The van der Waals surface area contributed by atoms with Gasteiger partial charge in [-0.3, -0.25) is 9.36 Å².